The lowest BCUT2D eigenvalue weighted by molar-refractivity contribution is -0.137. The van der Waals surface area contributed by atoms with Gasteiger partial charge in [-0.15, -0.1) is 0 Å². The SMILES string of the molecule is C/C=C(/CC(NS)c1ccc2c(c1)COC21CN(C(=O)OC(C)(C)C)C1)c1cc(Cl)c(F)c(Cl)c1. The van der Waals surface area contributed by atoms with Crippen LogP contribution >= 0.6 is 36.0 Å². The van der Waals surface area contributed by atoms with E-state index in [2.05, 4.69) is 35.7 Å². The number of likely N-dealkylation sites (tertiary alicyclic amines) is 1. The lowest BCUT2D eigenvalue weighted by Crippen LogP contribution is -2.61. The summed E-state index contributed by atoms with van der Waals surface area (Å²) in [5.74, 6) is -0.620. The van der Waals surface area contributed by atoms with Crippen molar-refractivity contribution in [3.63, 3.8) is 0 Å². The first-order valence-electron chi connectivity index (χ1n) is 11.4. The van der Waals surface area contributed by atoms with Crippen molar-refractivity contribution in [3.8, 4) is 0 Å². The molecule has 0 aliphatic carbocycles. The highest BCUT2D eigenvalue weighted by atomic mass is 35.5. The van der Waals surface area contributed by atoms with Crippen LogP contribution in [0.15, 0.2) is 36.4 Å². The lowest BCUT2D eigenvalue weighted by atomic mass is 9.84. The van der Waals surface area contributed by atoms with Crippen LogP contribution in [0.3, 0.4) is 0 Å². The van der Waals surface area contributed by atoms with Gasteiger partial charge in [0.25, 0.3) is 0 Å². The summed E-state index contributed by atoms with van der Waals surface area (Å²) in [7, 11) is 0. The highest BCUT2D eigenvalue weighted by Gasteiger charge is 2.52. The molecule has 0 aromatic heterocycles. The number of amides is 1. The molecule has 9 heteroatoms. The third-order valence-corrected chi connectivity index (χ3v) is 7.22. The summed E-state index contributed by atoms with van der Waals surface area (Å²) in [5.41, 5.74) is 3.94. The number of allylic oxidation sites excluding steroid dienone is 1. The maximum atomic E-state index is 13.9. The van der Waals surface area contributed by atoms with Crippen molar-refractivity contribution in [2.75, 3.05) is 13.1 Å². The second-order valence-electron chi connectivity index (χ2n) is 9.99. The Morgan fingerprint density at radius 1 is 1.29 bits per heavy atom. The third kappa shape index (κ3) is 5.35. The highest BCUT2D eigenvalue weighted by molar-refractivity contribution is 7.78. The Labute approximate surface area is 221 Å². The number of rotatable bonds is 5. The van der Waals surface area contributed by atoms with Gasteiger partial charge in [0.05, 0.1) is 29.7 Å². The summed E-state index contributed by atoms with van der Waals surface area (Å²) in [6.45, 7) is 8.90. The molecule has 1 saturated heterocycles. The van der Waals surface area contributed by atoms with E-state index in [1.165, 1.54) is 0 Å². The minimum absolute atomic E-state index is 0.0110. The molecule has 2 aliphatic rings. The molecular weight excluding hydrogens is 510 g/mol. The smallest absolute Gasteiger partial charge is 0.410 e. The maximum absolute atomic E-state index is 13.9. The Kier molecular flexibility index (Phi) is 7.47. The number of fused-ring (bicyclic) bond motifs is 2. The number of carbonyl (C=O) groups is 1. The van der Waals surface area contributed by atoms with E-state index in [-0.39, 0.29) is 22.2 Å². The average molecular weight is 540 g/mol. The second-order valence-corrected chi connectivity index (χ2v) is 11.1. The van der Waals surface area contributed by atoms with E-state index < -0.39 is 17.0 Å². The first-order valence-corrected chi connectivity index (χ1v) is 12.6. The number of carbonyl (C=O) groups excluding carboxylic acids is 1. The summed E-state index contributed by atoms with van der Waals surface area (Å²) in [5, 5.41) is -0.0220. The molecule has 5 nitrogen and oxygen atoms in total. The van der Waals surface area contributed by atoms with E-state index in [1.54, 1.807) is 17.0 Å². The van der Waals surface area contributed by atoms with E-state index >= 15 is 0 Å². The number of benzene rings is 2. The van der Waals surface area contributed by atoms with Crippen LogP contribution in [0.1, 0.15) is 62.4 Å². The lowest BCUT2D eigenvalue weighted by Gasteiger charge is -2.47. The maximum Gasteiger partial charge on any atom is 0.410 e. The van der Waals surface area contributed by atoms with Gasteiger partial charge >= 0.3 is 6.09 Å². The zero-order valence-electron chi connectivity index (χ0n) is 20.1. The van der Waals surface area contributed by atoms with Gasteiger partial charge in [0.1, 0.15) is 11.2 Å². The molecule has 1 fully saturated rings. The summed E-state index contributed by atoms with van der Waals surface area (Å²) in [6.07, 6.45) is 2.23. The van der Waals surface area contributed by atoms with E-state index in [1.807, 2.05) is 33.8 Å². The molecule has 2 aromatic rings. The minimum atomic E-state index is -0.620. The van der Waals surface area contributed by atoms with Gasteiger partial charge in [-0.05, 0) is 74.1 Å². The molecule has 35 heavy (non-hydrogen) atoms. The average Bonchev–Trinajstić information content (AvgIpc) is 3.15. The van der Waals surface area contributed by atoms with Crippen LogP contribution in [0.4, 0.5) is 9.18 Å². The Hall–Kier alpha value is -1.77. The van der Waals surface area contributed by atoms with Crippen LogP contribution in [-0.4, -0.2) is 29.7 Å². The van der Waals surface area contributed by atoms with Crippen molar-refractivity contribution in [1.29, 1.82) is 0 Å². The number of nitrogens with one attached hydrogen (secondary N) is 1. The molecule has 2 aliphatic heterocycles. The number of halogens is 3. The first-order chi connectivity index (χ1) is 16.5. The Balaban J connectivity index is 1.50. The van der Waals surface area contributed by atoms with Crippen LogP contribution in [0.5, 0.6) is 0 Å². The normalized spacial score (nSPS) is 17.8. The minimum Gasteiger partial charge on any atom is -0.444 e. The summed E-state index contributed by atoms with van der Waals surface area (Å²) in [4.78, 5) is 14.0. The Bertz CT molecular complexity index is 1150. The molecule has 1 atom stereocenters. The van der Waals surface area contributed by atoms with Gasteiger partial charge in [-0.3, -0.25) is 4.72 Å². The molecular formula is C26H29Cl2FN2O3S. The zero-order chi connectivity index (χ0) is 25.5. The van der Waals surface area contributed by atoms with Gasteiger partial charge in [0.2, 0.25) is 0 Å². The molecule has 188 valence electrons. The van der Waals surface area contributed by atoms with Gasteiger partial charge in [0.15, 0.2) is 5.82 Å². The van der Waals surface area contributed by atoms with Crippen LogP contribution < -0.4 is 4.72 Å². The predicted octanol–water partition coefficient (Wildman–Crippen LogP) is 7.08. The number of hydrogen-bond acceptors (Lipinski definition) is 5. The Morgan fingerprint density at radius 2 is 1.94 bits per heavy atom. The summed E-state index contributed by atoms with van der Waals surface area (Å²) in [6, 6.07) is 9.29. The van der Waals surface area contributed by atoms with Crippen molar-refractivity contribution in [2.45, 2.75) is 58.0 Å². The van der Waals surface area contributed by atoms with Crippen LogP contribution in [0.25, 0.3) is 5.57 Å². The number of hydrogen-bond donors (Lipinski definition) is 2. The van der Waals surface area contributed by atoms with Crippen molar-refractivity contribution in [1.82, 2.24) is 9.62 Å². The van der Waals surface area contributed by atoms with Crippen LogP contribution in [-0.2, 0) is 21.7 Å². The monoisotopic (exact) mass is 538 g/mol. The summed E-state index contributed by atoms with van der Waals surface area (Å²) < 4.78 is 28.6. The highest BCUT2D eigenvalue weighted by Crippen LogP contribution is 2.45. The van der Waals surface area contributed by atoms with Crippen LogP contribution in [0, 0.1) is 5.82 Å². The predicted molar refractivity (Wildman–Crippen MR) is 140 cm³/mol. The fourth-order valence-electron chi connectivity index (χ4n) is 4.58. The van der Waals surface area contributed by atoms with Gasteiger partial charge in [-0.1, -0.05) is 60.3 Å². The van der Waals surface area contributed by atoms with Gasteiger partial charge < -0.3 is 14.4 Å². The standard InChI is InChI=1S/C26H29Cl2FN2O3S/c1-5-15(17-9-20(27)23(29)21(28)10-17)11-22(30-35)16-6-7-19-18(8-16)12-33-26(19)13-31(14-26)24(32)34-25(2,3)4/h5-10,22,30,35H,11-14H2,1-4H3/b15-5-. The van der Waals surface area contributed by atoms with Crippen LogP contribution in [0.2, 0.25) is 10.0 Å². The molecule has 2 heterocycles. The molecule has 2 aromatic carbocycles. The van der Waals surface area contributed by atoms with Gasteiger partial charge in [-0.25, -0.2) is 9.18 Å². The van der Waals surface area contributed by atoms with Crippen molar-refractivity contribution >= 4 is 47.7 Å². The molecule has 1 amide bonds. The van der Waals surface area contributed by atoms with Gasteiger partial charge in [0, 0.05) is 6.04 Å². The molecule has 1 spiro atoms. The van der Waals surface area contributed by atoms with E-state index in [9.17, 15) is 9.18 Å². The molecule has 0 saturated carbocycles. The van der Waals surface area contributed by atoms with Crippen molar-refractivity contribution < 1.29 is 18.7 Å². The van der Waals surface area contributed by atoms with E-state index in [0.29, 0.717) is 26.1 Å². The van der Waals surface area contributed by atoms with Gasteiger partial charge in [-0.2, -0.15) is 0 Å². The van der Waals surface area contributed by atoms with Crippen molar-refractivity contribution in [3.05, 3.63) is 74.5 Å². The quantitative estimate of drug-likeness (QED) is 0.315. The first kappa shape index (κ1) is 26.3. The molecule has 4 rings (SSSR count). The molecule has 0 radical (unpaired) electrons. The fraction of sp³-hybridized carbons (Fsp3) is 0.423. The van der Waals surface area contributed by atoms with E-state index in [4.69, 9.17) is 32.7 Å². The molecule has 0 bridgehead atoms. The largest absolute Gasteiger partial charge is 0.444 e. The third-order valence-electron chi connectivity index (χ3n) is 6.35. The Morgan fingerprint density at radius 3 is 2.51 bits per heavy atom. The zero-order valence-corrected chi connectivity index (χ0v) is 22.5. The number of nitrogens with zero attached hydrogens (tertiary/aromatic N) is 1. The number of ether oxygens (including phenoxy) is 2. The summed E-state index contributed by atoms with van der Waals surface area (Å²) >= 11 is 16.4. The fourth-order valence-corrected chi connectivity index (χ4v) is 5.30. The molecule has 1 unspecified atom stereocenters. The molecule has 1 N–H and O–H groups in total. The van der Waals surface area contributed by atoms with E-state index in [0.717, 1.165) is 27.8 Å². The van der Waals surface area contributed by atoms with Crippen molar-refractivity contribution in [2.24, 2.45) is 0 Å². The second kappa shape index (κ2) is 9.94. The topological polar surface area (TPSA) is 50.8 Å². The number of thiol groups is 1.